The van der Waals surface area contributed by atoms with E-state index >= 15 is 0 Å². The van der Waals surface area contributed by atoms with E-state index in [4.69, 9.17) is 0 Å². The van der Waals surface area contributed by atoms with Crippen molar-refractivity contribution < 1.29 is 0 Å². The standard InChI is InChI=1S/C62H49N3.C2H6/c1-61(2)49-23-11-15-27-53(49)63(54-28-16-12-24-50(54)61)47-34-42-31-32-43-35-48(64-55-29-17-13-25-51(55)62(3,4)52-26-14-18-30-56(52)64)39-58-60(43)59(42)57(38-47)65(58)46-36-44(40-19-7-5-8-20-40)33-45(37-46)41-21-9-6-10-22-41;1-2/h5-30,33-39H,31-32H2,1-4H3;1-2H3. The Morgan fingerprint density at radius 1 is 0.328 bits per heavy atom. The Bertz CT molecular complexity index is 3230. The summed E-state index contributed by atoms with van der Waals surface area (Å²) in [6.07, 6.45) is 1.92. The Morgan fingerprint density at radius 3 is 1.01 bits per heavy atom. The number of benzene rings is 9. The molecule has 3 aliphatic rings. The van der Waals surface area contributed by atoms with Crippen molar-refractivity contribution >= 4 is 55.9 Å². The maximum atomic E-state index is 2.60. The van der Waals surface area contributed by atoms with Crippen molar-refractivity contribution in [1.29, 1.82) is 0 Å². The number of anilines is 6. The van der Waals surface area contributed by atoms with E-state index in [1.807, 2.05) is 13.8 Å². The van der Waals surface area contributed by atoms with Gasteiger partial charge in [-0.15, -0.1) is 0 Å². The van der Waals surface area contributed by atoms with Gasteiger partial charge >= 0.3 is 0 Å². The molecule has 1 aromatic heterocycles. The SMILES string of the molecule is CC.CC1(C)c2ccccc2N(c2cc3c4c5c(cc(N6c7ccccc7C(C)(C)c7ccccc76)cc5n(-c5cc(-c6ccccc6)cc(-c6ccccc6)c5)c4c2)CC3)c2ccccc21. The molecular weight excluding hydrogens is 811 g/mol. The summed E-state index contributed by atoms with van der Waals surface area (Å²) in [6.45, 7) is 13.5. The van der Waals surface area contributed by atoms with Crippen molar-refractivity contribution in [2.45, 2.75) is 65.2 Å². The molecule has 0 N–H and O–H groups in total. The summed E-state index contributed by atoms with van der Waals surface area (Å²) >= 11 is 0. The van der Waals surface area contributed by atoms with Crippen LogP contribution in [-0.2, 0) is 23.7 Å². The molecule has 10 aromatic rings. The first-order valence-corrected chi connectivity index (χ1v) is 24.1. The van der Waals surface area contributed by atoms with Gasteiger partial charge in [0.25, 0.3) is 0 Å². The maximum absolute atomic E-state index is 2.60. The van der Waals surface area contributed by atoms with Gasteiger partial charge in [0.05, 0.1) is 33.8 Å². The topological polar surface area (TPSA) is 11.4 Å². The second kappa shape index (κ2) is 15.5. The quantitative estimate of drug-likeness (QED) is 0.171. The lowest BCUT2D eigenvalue weighted by molar-refractivity contribution is 0.631. The molecule has 0 unspecified atom stereocenters. The smallest absolute Gasteiger partial charge is 0.0564 e. The normalized spacial score (nSPS) is 14.8. The van der Waals surface area contributed by atoms with Gasteiger partial charge in [-0.2, -0.15) is 0 Å². The van der Waals surface area contributed by atoms with Crippen molar-refractivity contribution in [2.75, 3.05) is 9.80 Å². The highest BCUT2D eigenvalue weighted by Crippen LogP contribution is 2.56. The molecule has 0 radical (unpaired) electrons. The molecule has 3 heterocycles. The number of fused-ring (bicyclic) bond motifs is 4. The lowest BCUT2D eigenvalue weighted by Gasteiger charge is -2.42. The summed E-state index contributed by atoms with van der Waals surface area (Å²) in [6, 6.07) is 75.0. The average molecular weight is 866 g/mol. The van der Waals surface area contributed by atoms with Crippen molar-refractivity contribution in [3.05, 3.63) is 234 Å². The number of aromatic nitrogens is 1. The molecular formula is C64H55N3. The van der Waals surface area contributed by atoms with Crippen molar-refractivity contribution in [3.8, 4) is 27.9 Å². The summed E-state index contributed by atoms with van der Waals surface area (Å²) in [5, 5.41) is 2.73. The molecule has 0 fully saturated rings. The lowest BCUT2D eigenvalue weighted by Crippen LogP contribution is -2.30. The Kier molecular flexibility index (Phi) is 9.45. The highest BCUT2D eigenvalue weighted by atomic mass is 15.2. The van der Waals surface area contributed by atoms with E-state index in [9.17, 15) is 0 Å². The molecule has 326 valence electrons. The minimum atomic E-state index is -0.144. The fourth-order valence-corrected chi connectivity index (χ4v) is 11.8. The summed E-state index contributed by atoms with van der Waals surface area (Å²) in [5.41, 5.74) is 23.6. The molecule has 0 saturated carbocycles. The number of hydrogen-bond donors (Lipinski definition) is 0. The molecule has 0 spiro atoms. The van der Waals surface area contributed by atoms with Gasteiger partial charge < -0.3 is 14.4 Å². The van der Waals surface area contributed by atoms with Crippen molar-refractivity contribution in [2.24, 2.45) is 0 Å². The number of hydrogen-bond acceptors (Lipinski definition) is 2. The molecule has 13 rings (SSSR count). The first-order valence-electron chi connectivity index (χ1n) is 24.1. The Hall–Kier alpha value is -7.62. The van der Waals surface area contributed by atoms with Crippen molar-refractivity contribution in [3.63, 3.8) is 0 Å². The molecule has 3 heteroatoms. The van der Waals surface area contributed by atoms with E-state index in [0.717, 1.165) is 18.5 Å². The van der Waals surface area contributed by atoms with Crippen LogP contribution >= 0.6 is 0 Å². The van der Waals surface area contributed by atoms with E-state index in [1.165, 1.54) is 112 Å². The van der Waals surface area contributed by atoms with Crippen LogP contribution in [0.4, 0.5) is 34.1 Å². The highest BCUT2D eigenvalue weighted by Gasteiger charge is 2.39. The first-order chi connectivity index (χ1) is 32.8. The third kappa shape index (κ3) is 6.17. The highest BCUT2D eigenvalue weighted by molar-refractivity contribution is 6.16. The third-order valence-corrected chi connectivity index (χ3v) is 14.9. The molecule has 0 bridgehead atoms. The van der Waals surface area contributed by atoms with Gasteiger partial charge in [-0.1, -0.05) is 175 Å². The minimum absolute atomic E-state index is 0.144. The van der Waals surface area contributed by atoms with Gasteiger partial charge in [0.1, 0.15) is 0 Å². The van der Waals surface area contributed by atoms with Crippen molar-refractivity contribution in [1.82, 2.24) is 4.57 Å². The van der Waals surface area contributed by atoms with Gasteiger partial charge in [-0.05, 0) is 135 Å². The predicted octanol–water partition coefficient (Wildman–Crippen LogP) is 17.5. The van der Waals surface area contributed by atoms with Gasteiger partial charge in [0.15, 0.2) is 0 Å². The summed E-state index contributed by atoms with van der Waals surface area (Å²) in [5.74, 6) is 0. The third-order valence-electron chi connectivity index (χ3n) is 14.9. The molecule has 67 heavy (non-hydrogen) atoms. The van der Waals surface area contributed by atoms with Crippen LogP contribution in [0.3, 0.4) is 0 Å². The van der Waals surface area contributed by atoms with Crippen LogP contribution in [0.5, 0.6) is 0 Å². The van der Waals surface area contributed by atoms with E-state index in [1.54, 1.807) is 0 Å². The molecule has 1 aliphatic carbocycles. The number of nitrogens with zero attached hydrogens (tertiary/aromatic N) is 3. The van der Waals surface area contributed by atoms with Crippen LogP contribution in [0.25, 0.3) is 49.7 Å². The van der Waals surface area contributed by atoms with Crippen LogP contribution < -0.4 is 9.80 Å². The molecule has 0 amide bonds. The monoisotopic (exact) mass is 865 g/mol. The predicted molar refractivity (Wildman–Crippen MR) is 284 cm³/mol. The fraction of sp³-hybridized carbons (Fsp3) is 0.156. The zero-order valence-corrected chi connectivity index (χ0v) is 39.3. The summed E-state index contributed by atoms with van der Waals surface area (Å²) < 4.78 is 2.60. The fourth-order valence-electron chi connectivity index (χ4n) is 11.8. The summed E-state index contributed by atoms with van der Waals surface area (Å²) in [7, 11) is 0. The lowest BCUT2D eigenvalue weighted by atomic mass is 9.73. The Morgan fingerprint density at radius 2 is 0.657 bits per heavy atom. The zero-order valence-electron chi connectivity index (χ0n) is 39.3. The second-order valence-corrected chi connectivity index (χ2v) is 19.3. The zero-order chi connectivity index (χ0) is 45.6. The van der Waals surface area contributed by atoms with Crippen LogP contribution in [0.2, 0.25) is 0 Å². The van der Waals surface area contributed by atoms with Crippen LogP contribution in [0, 0.1) is 0 Å². The van der Waals surface area contributed by atoms with E-state index < -0.39 is 0 Å². The Balaban J connectivity index is 0.00000231. The Labute approximate surface area is 395 Å². The van der Waals surface area contributed by atoms with E-state index in [2.05, 4.69) is 242 Å². The van der Waals surface area contributed by atoms with Gasteiger partial charge in [-0.25, -0.2) is 0 Å². The molecule has 2 aliphatic heterocycles. The first kappa shape index (κ1) is 40.9. The number of para-hydroxylation sites is 4. The minimum Gasteiger partial charge on any atom is -0.310 e. The number of rotatable bonds is 5. The maximum Gasteiger partial charge on any atom is 0.0564 e. The van der Waals surface area contributed by atoms with Gasteiger partial charge in [0.2, 0.25) is 0 Å². The average Bonchev–Trinajstić information content (AvgIpc) is 3.71. The van der Waals surface area contributed by atoms with E-state index in [-0.39, 0.29) is 10.8 Å². The molecule has 0 atom stereocenters. The van der Waals surface area contributed by atoms with Gasteiger partial charge in [0, 0.05) is 38.7 Å². The second-order valence-electron chi connectivity index (χ2n) is 19.3. The van der Waals surface area contributed by atoms with Crippen LogP contribution in [0.1, 0.15) is 74.9 Å². The molecule has 3 nitrogen and oxygen atoms in total. The largest absolute Gasteiger partial charge is 0.310 e. The summed E-state index contributed by atoms with van der Waals surface area (Å²) in [4.78, 5) is 5.07. The number of aryl methyl sites for hydroxylation is 2. The van der Waals surface area contributed by atoms with Gasteiger partial charge in [-0.3, -0.25) is 0 Å². The molecule has 0 saturated heterocycles. The van der Waals surface area contributed by atoms with Crippen LogP contribution in [0.15, 0.2) is 200 Å². The van der Waals surface area contributed by atoms with Crippen LogP contribution in [-0.4, -0.2) is 4.57 Å². The van der Waals surface area contributed by atoms with E-state index in [0.29, 0.717) is 0 Å². The molecule has 9 aromatic carbocycles.